The normalized spacial score (nSPS) is 19.6. The van der Waals surface area contributed by atoms with Gasteiger partial charge in [0.25, 0.3) is 0 Å². The van der Waals surface area contributed by atoms with Crippen LogP contribution in [-0.4, -0.2) is 63.8 Å². The predicted octanol–water partition coefficient (Wildman–Crippen LogP) is -0.104. The maximum atomic E-state index is 5.73. The third-order valence-corrected chi connectivity index (χ3v) is 3.86. The number of nitrogens with two attached hydrogens (primary N) is 1. The monoisotopic (exact) mass is 291 g/mol. The molecule has 0 saturated carbocycles. The van der Waals surface area contributed by atoms with Gasteiger partial charge >= 0.3 is 0 Å². The molecule has 1 heterocycles. The van der Waals surface area contributed by atoms with Crippen molar-refractivity contribution in [1.82, 2.24) is 20.9 Å². The Balaban J connectivity index is 1.75. The number of hydrogen-bond donors (Lipinski definition) is 4. The van der Waals surface area contributed by atoms with E-state index in [1.165, 1.54) is 5.56 Å². The minimum atomic E-state index is 0.840. The Kier molecular flexibility index (Phi) is 7.53. The largest absolute Gasteiger partial charge is 0.399 e. The zero-order chi connectivity index (χ0) is 14.8. The smallest absolute Gasteiger partial charge is 0.0314 e. The Labute approximate surface area is 128 Å². The van der Waals surface area contributed by atoms with Crippen molar-refractivity contribution in [2.75, 3.05) is 64.6 Å². The molecule has 1 aliphatic rings. The van der Waals surface area contributed by atoms with Crippen LogP contribution in [0.3, 0.4) is 0 Å². The van der Waals surface area contributed by atoms with Crippen molar-refractivity contribution in [2.24, 2.45) is 0 Å². The van der Waals surface area contributed by atoms with Crippen molar-refractivity contribution in [2.45, 2.75) is 6.42 Å². The molecule has 1 aromatic rings. The fourth-order valence-electron chi connectivity index (χ4n) is 2.51. The summed E-state index contributed by atoms with van der Waals surface area (Å²) in [5, 5.41) is 10.4. The highest BCUT2D eigenvalue weighted by Crippen LogP contribution is 2.06. The second-order valence-electron chi connectivity index (χ2n) is 5.58. The first-order chi connectivity index (χ1) is 10.3. The predicted molar refractivity (Wildman–Crippen MR) is 89.6 cm³/mol. The number of nitrogens with zero attached hydrogens (tertiary/aromatic N) is 1. The van der Waals surface area contributed by atoms with Gasteiger partial charge in [-0.25, -0.2) is 0 Å². The van der Waals surface area contributed by atoms with Crippen molar-refractivity contribution in [1.29, 1.82) is 0 Å². The van der Waals surface area contributed by atoms with Crippen molar-refractivity contribution >= 4 is 5.69 Å². The fraction of sp³-hybridized carbons (Fsp3) is 0.625. The Morgan fingerprint density at radius 2 is 1.33 bits per heavy atom. The molecule has 1 aliphatic heterocycles. The third kappa shape index (κ3) is 6.91. The van der Waals surface area contributed by atoms with E-state index in [1.54, 1.807) is 0 Å². The van der Waals surface area contributed by atoms with E-state index in [2.05, 4.69) is 33.0 Å². The molecule has 0 radical (unpaired) electrons. The molecule has 0 amide bonds. The minimum absolute atomic E-state index is 0.840. The summed E-state index contributed by atoms with van der Waals surface area (Å²) in [6.45, 7) is 9.63. The number of hydrogen-bond acceptors (Lipinski definition) is 5. The summed E-state index contributed by atoms with van der Waals surface area (Å²) in [5.41, 5.74) is 7.93. The van der Waals surface area contributed by atoms with Crippen LogP contribution in [0.2, 0.25) is 0 Å². The van der Waals surface area contributed by atoms with Gasteiger partial charge in [0.1, 0.15) is 0 Å². The summed E-state index contributed by atoms with van der Waals surface area (Å²) in [6.07, 6.45) is 1.09. The first-order valence-electron chi connectivity index (χ1n) is 8.03. The lowest BCUT2D eigenvalue weighted by Crippen LogP contribution is -2.42. The third-order valence-electron chi connectivity index (χ3n) is 3.86. The van der Waals surface area contributed by atoms with Crippen molar-refractivity contribution in [3.8, 4) is 0 Å². The van der Waals surface area contributed by atoms with Gasteiger partial charge in [-0.2, -0.15) is 0 Å². The van der Waals surface area contributed by atoms with Crippen molar-refractivity contribution in [3.05, 3.63) is 29.8 Å². The highest BCUT2D eigenvalue weighted by atomic mass is 15.2. The first kappa shape index (κ1) is 16.2. The Morgan fingerprint density at radius 1 is 0.810 bits per heavy atom. The molecule has 0 bridgehead atoms. The highest BCUT2D eigenvalue weighted by Gasteiger charge is 2.05. The van der Waals surface area contributed by atoms with Gasteiger partial charge < -0.3 is 26.6 Å². The molecule has 0 spiro atoms. The van der Waals surface area contributed by atoms with Gasteiger partial charge in [0.2, 0.25) is 0 Å². The van der Waals surface area contributed by atoms with E-state index in [4.69, 9.17) is 5.73 Å². The Morgan fingerprint density at radius 3 is 1.90 bits per heavy atom. The van der Waals surface area contributed by atoms with Gasteiger partial charge in [0.15, 0.2) is 0 Å². The lowest BCUT2D eigenvalue weighted by molar-refractivity contribution is 0.274. The zero-order valence-corrected chi connectivity index (χ0v) is 12.9. The van der Waals surface area contributed by atoms with E-state index in [0.717, 1.165) is 71.0 Å². The van der Waals surface area contributed by atoms with E-state index in [9.17, 15) is 0 Å². The van der Waals surface area contributed by atoms with E-state index in [0.29, 0.717) is 0 Å². The summed E-state index contributed by atoms with van der Waals surface area (Å²) in [5.74, 6) is 0. The summed E-state index contributed by atoms with van der Waals surface area (Å²) >= 11 is 0. The molecule has 5 N–H and O–H groups in total. The number of nitrogens with one attached hydrogen (secondary N) is 3. The van der Waals surface area contributed by atoms with Gasteiger partial charge in [0.05, 0.1) is 0 Å². The standard InChI is InChI=1S/C16H29N5/c17-16-3-1-15(2-4-16)5-12-21-13-10-19-8-6-18-7-9-20-11-14-21/h1-4,18-20H,5-14,17H2. The van der Waals surface area contributed by atoms with Gasteiger partial charge in [-0.15, -0.1) is 0 Å². The highest BCUT2D eigenvalue weighted by molar-refractivity contribution is 5.39. The molecule has 1 saturated heterocycles. The molecule has 5 heteroatoms. The number of nitrogen functional groups attached to an aromatic ring is 1. The SMILES string of the molecule is Nc1ccc(CCN2CCNCCNCCNCC2)cc1. The number of anilines is 1. The molecular formula is C16H29N5. The van der Waals surface area contributed by atoms with E-state index >= 15 is 0 Å². The van der Waals surface area contributed by atoms with Gasteiger partial charge in [-0.3, -0.25) is 0 Å². The molecule has 5 nitrogen and oxygen atoms in total. The van der Waals surface area contributed by atoms with E-state index in [-0.39, 0.29) is 0 Å². The molecular weight excluding hydrogens is 262 g/mol. The maximum Gasteiger partial charge on any atom is 0.0314 e. The molecule has 1 fully saturated rings. The second-order valence-corrected chi connectivity index (χ2v) is 5.58. The van der Waals surface area contributed by atoms with Gasteiger partial charge in [-0.1, -0.05) is 12.1 Å². The van der Waals surface area contributed by atoms with Crippen LogP contribution in [-0.2, 0) is 6.42 Å². The lowest BCUT2D eigenvalue weighted by Gasteiger charge is -2.23. The van der Waals surface area contributed by atoms with Gasteiger partial charge in [-0.05, 0) is 24.1 Å². The molecule has 1 aromatic carbocycles. The Hall–Kier alpha value is -1.14. The molecule has 118 valence electrons. The zero-order valence-electron chi connectivity index (χ0n) is 12.9. The summed E-state index contributed by atoms with van der Waals surface area (Å²) in [4.78, 5) is 2.53. The molecule has 0 atom stereocenters. The molecule has 0 unspecified atom stereocenters. The minimum Gasteiger partial charge on any atom is -0.399 e. The maximum absolute atomic E-state index is 5.73. The second kappa shape index (κ2) is 9.73. The average molecular weight is 291 g/mol. The molecule has 0 aromatic heterocycles. The summed E-state index contributed by atoms with van der Waals surface area (Å²) in [7, 11) is 0. The number of rotatable bonds is 3. The van der Waals surface area contributed by atoms with E-state index < -0.39 is 0 Å². The number of benzene rings is 1. The van der Waals surface area contributed by atoms with Crippen LogP contribution in [0.1, 0.15) is 5.56 Å². The van der Waals surface area contributed by atoms with Crippen LogP contribution in [0.15, 0.2) is 24.3 Å². The van der Waals surface area contributed by atoms with Crippen molar-refractivity contribution in [3.63, 3.8) is 0 Å². The average Bonchev–Trinajstić information content (AvgIpc) is 2.48. The first-order valence-corrected chi connectivity index (χ1v) is 8.03. The summed E-state index contributed by atoms with van der Waals surface area (Å²) in [6, 6.07) is 8.24. The molecule has 0 aliphatic carbocycles. The van der Waals surface area contributed by atoms with Crippen molar-refractivity contribution < 1.29 is 0 Å². The van der Waals surface area contributed by atoms with Crippen LogP contribution in [0, 0.1) is 0 Å². The van der Waals surface area contributed by atoms with Crippen LogP contribution in [0.5, 0.6) is 0 Å². The van der Waals surface area contributed by atoms with E-state index in [1.807, 2.05) is 12.1 Å². The van der Waals surface area contributed by atoms with Crippen LogP contribution in [0.25, 0.3) is 0 Å². The summed E-state index contributed by atoms with van der Waals surface area (Å²) < 4.78 is 0. The van der Waals surface area contributed by atoms with Crippen LogP contribution < -0.4 is 21.7 Å². The Bertz CT molecular complexity index is 367. The van der Waals surface area contributed by atoms with Crippen LogP contribution in [0.4, 0.5) is 5.69 Å². The topological polar surface area (TPSA) is 65.3 Å². The molecule has 2 rings (SSSR count). The van der Waals surface area contributed by atoms with Crippen LogP contribution >= 0.6 is 0 Å². The molecule has 21 heavy (non-hydrogen) atoms. The quantitative estimate of drug-likeness (QED) is 0.586. The fourth-order valence-corrected chi connectivity index (χ4v) is 2.51. The van der Waals surface area contributed by atoms with Gasteiger partial charge in [0, 0.05) is 64.6 Å². The lowest BCUT2D eigenvalue weighted by atomic mass is 10.1.